The normalized spacial score (nSPS) is 9.47. The first-order valence-electron chi connectivity index (χ1n) is 4.56. The van der Waals surface area contributed by atoms with E-state index in [0.717, 1.165) is 6.07 Å². The molecule has 1 aromatic rings. The largest absolute Gasteiger partial charge is 0.462 e. The number of nitriles is 1. The van der Waals surface area contributed by atoms with Gasteiger partial charge in [-0.3, -0.25) is 10.1 Å². The van der Waals surface area contributed by atoms with Crippen molar-refractivity contribution in [1.82, 2.24) is 0 Å². The maximum Gasteiger partial charge on any atom is 0.340 e. The van der Waals surface area contributed by atoms with Crippen LogP contribution in [-0.2, 0) is 4.74 Å². The van der Waals surface area contributed by atoms with Gasteiger partial charge >= 0.3 is 5.97 Å². The van der Waals surface area contributed by atoms with Gasteiger partial charge in [0.2, 0.25) is 0 Å². The average Bonchev–Trinajstić information content (AvgIpc) is 2.27. The maximum atomic E-state index is 11.6. The molecule has 0 N–H and O–H groups in total. The summed E-state index contributed by atoms with van der Waals surface area (Å²) in [6.07, 6.45) is 0. The first kappa shape index (κ1) is 13.4. The number of nitro benzene ring substituents is 1. The average molecular weight is 346 g/mol. The van der Waals surface area contributed by atoms with Crippen molar-refractivity contribution in [3.05, 3.63) is 36.9 Å². The second kappa shape index (κ2) is 5.58. The number of nitro groups is 1. The van der Waals surface area contributed by atoms with Crippen LogP contribution in [0.2, 0.25) is 0 Å². The number of halogens is 1. The van der Waals surface area contributed by atoms with Crippen LogP contribution in [-0.4, -0.2) is 17.5 Å². The number of carbonyl (C=O) groups excluding carboxylic acids is 1. The Bertz CT molecular complexity index is 522. The fourth-order valence-electron chi connectivity index (χ4n) is 1.20. The molecule has 1 rings (SSSR count). The molecule has 0 aromatic heterocycles. The van der Waals surface area contributed by atoms with Crippen molar-refractivity contribution >= 4 is 34.2 Å². The van der Waals surface area contributed by atoms with E-state index in [4.69, 9.17) is 10.00 Å². The zero-order chi connectivity index (χ0) is 13.0. The molecule has 0 atom stereocenters. The molecule has 6 nitrogen and oxygen atoms in total. The van der Waals surface area contributed by atoms with Crippen molar-refractivity contribution in [3.8, 4) is 6.07 Å². The summed E-state index contributed by atoms with van der Waals surface area (Å²) in [6, 6.07) is 4.05. The molecule has 0 aliphatic rings. The number of ether oxygens (including phenoxy) is 1. The molecule has 1 aromatic carbocycles. The lowest BCUT2D eigenvalue weighted by atomic mass is 10.1. The molecule has 0 heterocycles. The van der Waals surface area contributed by atoms with Gasteiger partial charge in [0, 0.05) is 15.7 Å². The zero-order valence-electron chi connectivity index (χ0n) is 8.77. The Labute approximate surface area is 110 Å². The van der Waals surface area contributed by atoms with Crippen molar-refractivity contribution in [3.63, 3.8) is 0 Å². The molecule has 0 aliphatic carbocycles. The lowest BCUT2D eigenvalue weighted by molar-refractivity contribution is -0.385. The third-order valence-corrected chi connectivity index (χ3v) is 2.74. The Hall–Kier alpha value is -1.69. The number of rotatable bonds is 3. The SMILES string of the molecule is CCOC(=O)c1c(I)cc([N+](=O)[O-])cc1C#N. The molecule has 0 saturated carbocycles. The van der Waals surface area contributed by atoms with Crippen LogP contribution in [0, 0.1) is 25.0 Å². The predicted molar refractivity (Wildman–Crippen MR) is 66.5 cm³/mol. The first-order chi connectivity index (χ1) is 8.01. The van der Waals surface area contributed by atoms with Crippen molar-refractivity contribution in [2.45, 2.75) is 6.92 Å². The van der Waals surface area contributed by atoms with Gasteiger partial charge in [-0.25, -0.2) is 4.79 Å². The van der Waals surface area contributed by atoms with E-state index in [1.807, 2.05) is 0 Å². The van der Waals surface area contributed by atoms with Gasteiger partial charge in [0.05, 0.1) is 22.7 Å². The monoisotopic (exact) mass is 346 g/mol. The molecule has 0 unspecified atom stereocenters. The van der Waals surface area contributed by atoms with Crippen LogP contribution in [0.4, 0.5) is 5.69 Å². The van der Waals surface area contributed by atoms with Crippen molar-refractivity contribution < 1.29 is 14.5 Å². The molecule has 7 heteroatoms. The summed E-state index contributed by atoms with van der Waals surface area (Å²) in [7, 11) is 0. The molecule has 0 aliphatic heterocycles. The third kappa shape index (κ3) is 2.91. The Morgan fingerprint density at radius 2 is 2.29 bits per heavy atom. The minimum Gasteiger partial charge on any atom is -0.462 e. The second-order valence-corrected chi connectivity index (χ2v) is 4.10. The van der Waals surface area contributed by atoms with E-state index in [0.29, 0.717) is 3.57 Å². The number of esters is 1. The highest BCUT2D eigenvalue weighted by Gasteiger charge is 2.21. The summed E-state index contributed by atoms with van der Waals surface area (Å²) in [5.74, 6) is -0.650. The van der Waals surface area contributed by atoms with E-state index in [-0.39, 0.29) is 23.4 Å². The topological polar surface area (TPSA) is 93.2 Å². The highest BCUT2D eigenvalue weighted by molar-refractivity contribution is 14.1. The molecule has 17 heavy (non-hydrogen) atoms. The van der Waals surface area contributed by atoms with Gasteiger partial charge in [-0.05, 0) is 29.5 Å². The Kier molecular flexibility index (Phi) is 4.39. The Morgan fingerprint density at radius 3 is 2.76 bits per heavy atom. The van der Waals surface area contributed by atoms with Gasteiger partial charge in [0.1, 0.15) is 6.07 Å². The fourth-order valence-corrected chi connectivity index (χ4v) is 2.03. The molecule has 0 spiro atoms. The van der Waals surface area contributed by atoms with E-state index in [1.165, 1.54) is 6.07 Å². The molecule has 0 amide bonds. The molecule has 0 saturated heterocycles. The van der Waals surface area contributed by atoms with Crippen LogP contribution in [0.1, 0.15) is 22.8 Å². The number of benzene rings is 1. The number of non-ortho nitro benzene ring substituents is 1. The Morgan fingerprint density at radius 1 is 1.65 bits per heavy atom. The maximum absolute atomic E-state index is 11.6. The highest BCUT2D eigenvalue weighted by atomic mass is 127. The summed E-state index contributed by atoms with van der Waals surface area (Å²) in [5, 5.41) is 19.5. The standard InChI is InChI=1S/C10H7IN2O4/c1-2-17-10(14)9-6(5-12)3-7(13(15)16)4-8(9)11/h3-4H,2H2,1H3. The third-order valence-electron chi connectivity index (χ3n) is 1.89. The quantitative estimate of drug-likeness (QED) is 0.362. The summed E-state index contributed by atoms with van der Waals surface area (Å²) in [6.45, 7) is 1.82. The summed E-state index contributed by atoms with van der Waals surface area (Å²) >= 11 is 1.77. The minimum atomic E-state index is -0.650. The summed E-state index contributed by atoms with van der Waals surface area (Å²) in [4.78, 5) is 21.6. The lowest BCUT2D eigenvalue weighted by Gasteiger charge is -2.06. The van der Waals surface area contributed by atoms with E-state index in [2.05, 4.69) is 0 Å². The van der Waals surface area contributed by atoms with E-state index < -0.39 is 10.9 Å². The molecular weight excluding hydrogens is 339 g/mol. The first-order valence-corrected chi connectivity index (χ1v) is 5.64. The van der Waals surface area contributed by atoms with E-state index in [1.54, 1.807) is 35.6 Å². The number of hydrogen-bond donors (Lipinski definition) is 0. The van der Waals surface area contributed by atoms with Crippen molar-refractivity contribution in [1.29, 1.82) is 5.26 Å². The van der Waals surface area contributed by atoms with Gasteiger partial charge in [-0.15, -0.1) is 0 Å². The van der Waals surface area contributed by atoms with Crippen molar-refractivity contribution in [2.24, 2.45) is 0 Å². The van der Waals surface area contributed by atoms with Crippen LogP contribution in [0.3, 0.4) is 0 Å². The second-order valence-electron chi connectivity index (χ2n) is 2.94. The molecule has 0 radical (unpaired) electrons. The number of nitrogens with zero attached hydrogens (tertiary/aromatic N) is 2. The molecule has 0 fully saturated rings. The van der Waals surface area contributed by atoms with Gasteiger partial charge in [0.15, 0.2) is 0 Å². The molecule has 0 bridgehead atoms. The van der Waals surface area contributed by atoms with Gasteiger partial charge in [-0.1, -0.05) is 0 Å². The van der Waals surface area contributed by atoms with Gasteiger partial charge in [0.25, 0.3) is 5.69 Å². The Balaban J connectivity index is 3.37. The van der Waals surface area contributed by atoms with E-state index in [9.17, 15) is 14.9 Å². The van der Waals surface area contributed by atoms with Gasteiger partial charge < -0.3 is 4.74 Å². The van der Waals surface area contributed by atoms with Crippen molar-refractivity contribution in [2.75, 3.05) is 6.61 Å². The van der Waals surface area contributed by atoms with E-state index >= 15 is 0 Å². The summed E-state index contributed by atoms with van der Waals surface area (Å²) < 4.78 is 5.11. The minimum absolute atomic E-state index is 0.0537. The predicted octanol–water partition coefficient (Wildman–Crippen LogP) is 2.25. The highest BCUT2D eigenvalue weighted by Crippen LogP contribution is 2.24. The molecule has 88 valence electrons. The summed E-state index contributed by atoms with van der Waals surface area (Å²) in [5.41, 5.74) is -0.207. The van der Waals surface area contributed by atoms with Crippen LogP contribution in [0.5, 0.6) is 0 Å². The zero-order valence-corrected chi connectivity index (χ0v) is 10.9. The van der Waals surface area contributed by atoms with Crippen LogP contribution >= 0.6 is 22.6 Å². The lowest BCUT2D eigenvalue weighted by Crippen LogP contribution is -2.10. The smallest absolute Gasteiger partial charge is 0.340 e. The molecular formula is C10H7IN2O4. The fraction of sp³-hybridized carbons (Fsp3) is 0.200. The van der Waals surface area contributed by atoms with Crippen LogP contribution in [0.25, 0.3) is 0 Å². The van der Waals surface area contributed by atoms with Crippen LogP contribution in [0.15, 0.2) is 12.1 Å². The van der Waals surface area contributed by atoms with Crippen LogP contribution < -0.4 is 0 Å². The number of carbonyl (C=O) groups is 1. The number of hydrogen-bond acceptors (Lipinski definition) is 5. The van der Waals surface area contributed by atoms with Gasteiger partial charge in [-0.2, -0.15) is 5.26 Å².